The maximum atomic E-state index is 12.7. The van der Waals surface area contributed by atoms with Gasteiger partial charge in [-0.1, -0.05) is 220 Å². The number of ether oxygens (including phenoxy) is 3. The molecule has 0 aliphatic carbocycles. The first-order valence-electron chi connectivity index (χ1n) is 23.4. The lowest BCUT2D eigenvalue weighted by molar-refractivity contribution is -0.167. The van der Waals surface area contributed by atoms with Crippen LogP contribution in [0.2, 0.25) is 0 Å². The summed E-state index contributed by atoms with van der Waals surface area (Å²) < 4.78 is 16.6. The fraction of sp³-hybridized carbons (Fsp3) is 0.936. The van der Waals surface area contributed by atoms with Crippen LogP contribution in [0.25, 0.3) is 0 Å². The fourth-order valence-electron chi connectivity index (χ4n) is 6.98. The van der Waals surface area contributed by atoms with E-state index in [2.05, 4.69) is 27.7 Å². The van der Waals surface area contributed by atoms with Crippen molar-refractivity contribution in [2.45, 2.75) is 265 Å². The van der Waals surface area contributed by atoms with E-state index >= 15 is 0 Å². The summed E-state index contributed by atoms with van der Waals surface area (Å²) in [7, 11) is 0. The Morgan fingerprint density at radius 2 is 0.623 bits per heavy atom. The summed E-state index contributed by atoms with van der Waals surface area (Å²) in [6.45, 7) is 8.92. The van der Waals surface area contributed by atoms with Crippen LogP contribution < -0.4 is 0 Å². The minimum Gasteiger partial charge on any atom is -0.462 e. The minimum atomic E-state index is -0.757. The molecule has 0 aliphatic rings. The smallest absolute Gasteiger partial charge is 0.306 e. The van der Waals surface area contributed by atoms with Gasteiger partial charge in [-0.3, -0.25) is 14.4 Å². The SMILES string of the molecule is CCCCCCCCCCCC(=O)OC[C@H](COC(=O)CCCCCCC)OC(=O)CCCCCCCCCCCCCCCCCCCCC(C)C. The van der Waals surface area contributed by atoms with E-state index < -0.39 is 6.10 Å². The van der Waals surface area contributed by atoms with E-state index in [1.165, 1.54) is 148 Å². The quantitative estimate of drug-likeness (QED) is 0.0351. The molecule has 0 aromatic rings. The van der Waals surface area contributed by atoms with Gasteiger partial charge in [-0.05, 0) is 25.2 Å². The van der Waals surface area contributed by atoms with Crippen molar-refractivity contribution < 1.29 is 28.6 Å². The van der Waals surface area contributed by atoms with Gasteiger partial charge in [0.15, 0.2) is 6.10 Å². The van der Waals surface area contributed by atoms with Crippen molar-refractivity contribution >= 4 is 17.9 Å². The summed E-state index contributed by atoms with van der Waals surface area (Å²) in [5.74, 6) is -0.0114. The molecule has 0 aromatic carbocycles. The van der Waals surface area contributed by atoms with E-state index in [1.54, 1.807) is 0 Å². The van der Waals surface area contributed by atoms with Gasteiger partial charge < -0.3 is 14.2 Å². The molecular weight excluding hydrogens is 661 g/mol. The summed E-state index contributed by atoms with van der Waals surface area (Å²) in [5, 5.41) is 0. The van der Waals surface area contributed by atoms with Gasteiger partial charge in [0, 0.05) is 19.3 Å². The topological polar surface area (TPSA) is 78.9 Å². The number of carbonyl (C=O) groups is 3. The molecule has 314 valence electrons. The average molecular weight is 751 g/mol. The van der Waals surface area contributed by atoms with Crippen LogP contribution in [0.1, 0.15) is 259 Å². The molecule has 6 heteroatoms. The van der Waals surface area contributed by atoms with Crippen LogP contribution in [0.5, 0.6) is 0 Å². The zero-order valence-electron chi connectivity index (χ0n) is 36.0. The molecular formula is C47H90O6. The normalized spacial score (nSPS) is 11.9. The van der Waals surface area contributed by atoms with E-state index in [4.69, 9.17) is 14.2 Å². The largest absolute Gasteiger partial charge is 0.462 e. The molecule has 0 amide bonds. The number of unbranched alkanes of at least 4 members (excludes halogenated alkanes) is 29. The van der Waals surface area contributed by atoms with Crippen LogP contribution in [0.4, 0.5) is 0 Å². The Labute approximate surface area is 329 Å². The molecule has 0 spiro atoms. The van der Waals surface area contributed by atoms with Crippen LogP contribution in [0.15, 0.2) is 0 Å². The van der Waals surface area contributed by atoms with E-state index in [1.807, 2.05) is 0 Å². The monoisotopic (exact) mass is 751 g/mol. The molecule has 0 heterocycles. The van der Waals surface area contributed by atoms with Crippen LogP contribution in [-0.2, 0) is 28.6 Å². The molecule has 1 atom stereocenters. The van der Waals surface area contributed by atoms with Crippen molar-refractivity contribution in [2.75, 3.05) is 13.2 Å². The predicted molar refractivity (Wildman–Crippen MR) is 224 cm³/mol. The molecule has 6 nitrogen and oxygen atoms in total. The first-order valence-corrected chi connectivity index (χ1v) is 23.4. The van der Waals surface area contributed by atoms with Gasteiger partial charge in [0.1, 0.15) is 13.2 Å². The van der Waals surface area contributed by atoms with Gasteiger partial charge in [-0.2, -0.15) is 0 Å². The van der Waals surface area contributed by atoms with Crippen LogP contribution in [-0.4, -0.2) is 37.2 Å². The second kappa shape index (κ2) is 41.6. The zero-order valence-corrected chi connectivity index (χ0v) is 36.0. The lowest BCUT2D eigenvalue weighted by Crippen LogP contribution is -2.30. The standard InChI is InChI=1S/C47H90O6/c1-5-7-9-11-12-23-27-31-35-39-46(49)52-42-44(41-51-45(48)38-34-29-10-8-6-2)53-47(50)40-36-32-28-25-22-20-18-16-14-13-15-17-19-21-24-26-30-33-37-43(3)4/h43-44H,5-42H2,1-4H3/t44-/m0/s1. The summed E-state index contributed by atoms with van der Waals surface area (Å²) in [4.78, 5) is 37.4. The second-order valence-corrected chi connectivity index (χ2v) is 16.5. The molecule has 0 aromatic heterocycles. The number of hydrogen-bond donors (Lipinski definition) is 0. The molecule has 0 saturated heterocycles. The molecule has 0 radical (unpaired) electrons. The van der Waals surface area contributed by atoms with E-state index in [0.717, 1.165) is 70.1 Å². The molecule has 53 heavy (non-hydrogen) atoms. The maximum absolute atomic E-state index is 12.7. The highest BCUT2D eigenvalue weighted by Gasteiger charge is 2.19. The van der Waals surface area contributed by atoms with E-state index in [9.17, 15) is 14.4 Å². The highest BCUT2D eigenvalue weighted by Crippen LogP contribution is 2.17. The lowest BCUT2D eigenvalue weighted by Gasteiger charge is -2.18. The first-order chi connectivity index (χ1) is 25.9. The van der Waals surface area contributed by atoms with Crippen molar-refractivity contribution in [3.63, 3.8) is 0 Å². The highest BCUT2D eigenvalue weighted by atomic mass is 16.6. The Hall–Kier alpha value is -1.59. The van der Waals surface area contributed by atoms with Crippen molar-refractivity contribution in [1.82, 2.24) is 0 Å². The van der Waals surface area contributed by atoms with Crippen molar-refractivity contribution in [3.05, 3.63) is 0 Å². The van der Waals surface area contributed by atoms with Crippen molar-refractivity contribution in [2.24, 2.45) is 5.92 Å². The number of esters is 3. The molecule has 0 rings (SSSR count). The van der Waals surface area contributed by atoms with Crippen molar-refractivity contribution in [1.29, 1.82) is 0 Å². The molecule has 0 unspecified atom stereocenters. The van der Waals surface area contributed by atoms with Crippen LogP contribution in [0, 0.1) is 5.92 Å². The Bertz CT molecular complexity index is 796. The third-order valence-corrected chi connectivity index (χ3v) is 10.5. The van der Waals surface area contributed by atoms with E-state index in [-0.39, 0.29) is 31.1 Å². The number of hydrogen-bond acceptors (Lipinski definition) is 6. The molecule has 0 N–H and O–H groups in total. The molecule has 0 fully saturated rings. The van der Waals surface area contributed by atoms with Crippen LogP contribution >= 0.6 is 0 Å². The summed E-state index contributed by atoms with van der Waals surface area (Å²) in [6.07, 6.45) is 41.3. The third-order valence-electron chi connectivity index (χ3n) is 10.5. The van der Waals surface area contributed by atoms with Gasteiger partial charge in [0.25, 0.3) is 0 Å². The summed E-state index contributed by atoms with van der Waals surface area (Å²) >= 11 is 0. The Morgan fingerprint density at radius 1 is 0.358 bits per heavy atom. The van der Waals surface area contributed by atoms with Gasteiger partial charge >= 0.3 is 17.9 Å². The fourth-order valence-corrected chi connectivity index (χ4v) is 6.98. The minimum absolute atomic E-state index is 0.0649. The van der Waals surface area contributed by atoms with Gasteiger partial charge in [-0.15, -0.1) is 0 Å². The molecule has 0 saturated carbocycles. The average Bonchev–Trinajstić information content (AvgIpc) is 3.14. The first kappa shape index (κ1) is 51.4. The maximum Gasteiger partial charge on any atom is 0.306 e. The Kier molecular flexibility index (Phi) is 40.3. The van der Waals surface area contributed by atoms with Crippen molar-refractivity contribution in [3.8, 4) is 0 Å². The van der Waals surface area contributed by atoms with E-state index in [0.29, 0.717) is 19.3 Å². The number of rotatable bonds is 42. The lowest BCUT2D eigenvalue weighted by atomic mass is 10.0. The highest BCUT2D eigenvalue weighted by molar-refractivity contribution is 5.71. The Morgan fingerprint density at radius 3 is 0.925 bits per heavy atom. The molecule has 0 aliphatic heterocycles. The van der Waals surface area contributed by atoms with Crippen LogP contribution in [0.3, 0.4) is 0 Å². The zero-order chi connectivity index (χ0) is 38.9. The third kappa shape index (κ3) is 41.4. The number of carbonyl (C=O) groups excluding carboxylic acids is 3. The second-order valence-electron chi connectivity index (χ2n) is 16.5. The summed E-state index contributed by atoms with van der Waals surface area (Å²) in [6, 6.07) is 0. The molecule has 0 bridgehead atoms. The van der Waals surface area contributed by atoms with Gasteiger partial charge in [-0.25, -0.2) is 0 Å². The van der Waals surface area contributed by atoms with Gasteiger partial charge in [0.05, 0.1) is 0 Å². The summed E-state index contributed by atoms with van der Waals surface area (Å²) in [5.41, 5.74) is 0. The Balaban J connectivity index is 4.05. The van der Waals surface area contributed by atoms with Gasteiger partial charge in [0.2, 0.25) is 0 Å². The predicted octanol–water partition coefficient (Wildman–Crippen LogP) is 14.7.